The molecule has 5 heteroatoms. The van der Waals surface area contributed by atoms with Crippen LogP contribution in [0.25, 0.3) is 0 Å². The number of aliphatic hydroxyl groups excluding tert-OH is 1. The average molecular weight is 257 g/mol. The third-order valence-corrected chi connectivity index (χ3v) is 3.76. The van der Waals surface area contributed by atoms with Crippen molar-refractivity contribution in [2.24, 2.45) is 11.1 Å². The Kier molecular flexibility index (Phi) is 3.82. The first-order valence-electron chi connectivity index (χ1n) is 6.00. The molecule has 0 spiro atoms. The van der Waals surface area contributed by atoms with Gasteiger partial charge in [-0.1, -0.05) is 18.6 Å². The monoisotopic (exact) mass is 257 g/mol. The Labute approximate surface area is 105 Å². The van der Waals surface area contributed by atoms with E-state index >= 15 is 0 Å². The molecule has 100 valence electrons. The second-order valence-corrected chi connectivity index (χ2v) is 4.77. The highest BCUT2D eigenvalue weighted by Gasteiger charge is 2.42. The molecule has 1 aliphatic carbocycles. The van der Waals surface area contributed by atoms with Crippen LogP contribution in [0.3, 0.4) is 0 Å². The summed E-state index contributed by atoms with van der Waals surface area (Å²) in [5.74, 6) is 0.0938. The van der Waals surface area contributed by atoms with E-state index in [1.165, 1.54) is 12.1 Å². The summed E-state index contributed by atoms with van der Waals surface area (Å²) < 4.78 is 28.3. The summed E-state index contributed by atoms with van der Waals surface area (Å²) in [6.45, 7) is -2.40. The normalized spacial score (nSPS) is 19.4. The molecular formula is C13H17F2NO2. The van der Waals surface area contributed by atoms with E-state index in [2.05, 4.69) is 4.74 Å². The quantitative estimate of drug-likeness (QED) is 0.852. The topological polar surface area (TPSA) is 55.5 Å². The van der Waals surface area contributed by atoms with Gasteiger partial charge in [-0.3, -0.25) is 0 Å². The van der Waals surface area contributed by atoms with Crippen LogP contribution in [-0.4, -0.2) is 18.3 Å². The van der Waals surface area contributed by atoms with E-state index < -0.39 is 12.7 Å². The fourth-order valence-corrected chi connectivity index (χ4v) is 2.41. The van der Waals surface area contributed by atoms with Gasteiger partial charge in [0.2, 0.25) is 0 Å². The van der Waals surface area contributed by atoms with Gasteiger partial charge in [0.1, 0.15) is 5.75 Å². The number of hydrogen-bond donors (Lipinski definition) is 2. The van der Waals surface area contributed by atoms with Crippen molar-refractivity contribution in [2.75, 3.05) is 6.54 Å². The van der Waals surface area contributed by atoms with Crippen LogP contribution in [0.1, 0.15) is 30.9 Å². The van der Waals surface area contributed by atoms with E-state index in [0.717, 1.165) is 19.3 Å². The highest BCUT2D eigenvalue weighted by Crippen LogP contribution is 2.49. The van der Waals surface area contributed by atoms with E-state index in [1.54, 1.807) is 12.1 Å². The molecule has 1 aromatic carbocycles. The van der Waals surface area contributed by atoms with Crippen molar-refractivity contribution in [3.8, 4) is 5.75 Å². The summed E-state index contributed by atoms with van der Waals surface area (Å²) >= 11 is 0. The molecule has 0 radical (unpaired) electrons. The zero-order chi connectivity index (χ0) is 13.2. The molecule has 0 bridgehead atoms. The Balaban J connectivity index is 2.09. The van der Waals surface area contributed by atoms with Gasteiger partial charge in [-0.25, -0.2) is 0 Å². The Morgan fingerprint density at radius 1 is 1.28 bits per heavy atom. The van der Waals surface area contributed by atoms with E-state index in [-0.39, 0.29) is 11.2 Å². The lowest BCUT2D eigenvalue weighted by molar-refractivity contribution is -0.0500. The van der Waals surface area contributed by atoms with Crippen LogP contribution in [0.5, 0.6) is 5.75 Å². The number of alkyl halides is 2. The van der Waals surface area contributed by atoms with Crippen LogP contribution in [-0.2, 0) is 0 Å². The number of benzene rings is 1. The first kappa shape index (κ1) is 13.2. The van der Waals surface area contributed by atoms with Crippen LogP contribution in [0.15, 0.2) is 24.3 Å². The minimum Gasteiger partial charge on any atom is -0.435 e. The van der Waals surface area contributed by atoms with Crippen LogP contribution in [0.2, 0.25) is 0 Å². The molecular weight excluding hydrogens is 240 g/mol. The Bertz CT molecular complexity index is 385. The van der Waals surface area contributed by atoms with Crippen LogP contribution < -0.4 is 10.5 Å². The minimum absolute atomic E-state index is 0.0938. The molecule has 0 saturated heterocycles. The molecule has 1 saturated carbocycles. The van der Waals surface area contributed by atoms with Crippen molar-refractivity contribution < 1.29 is 18.6 Å². The van der Waals surface area contributed by atoms with Gasteiger partial charge in [0.25, 0.3) is 0 Å². The summed E-state index contributed by atoms with van der Waals surface area (Å²) in [4.78, 5) is 0. The van der Waals surface area contributed by atoms with Crippen molar-refractivity contribution in [1.29, 1.82) is 0 Å². The second-order valence-electron chi connectivity index (χ2n) is 4.77. The molecule has 1 fully saturated rings. The molecule has 0 aromatic heterocycles. The number of rotatable bonds is 5. The molecule has 0 amide bonds. The molecule has 2 rings (SSSR count). The number of hydrogen-bond acceptors (Lipinski definition) is 3. The smallest absolute Gasteiger partial charge is 0.387 e. The minimum atomic E-state index is -2.83. The molecule has 18 heavy (non-hydrogen) atoms. The van der Waals surface area contributed by atoms with Gasteiger partial charge in [-0.15, -0.1) is 0 Å². The fourth-order valence-electron chi connectivity index (χ4n) is 2.41. The SMILES string of the molecule is NCC1(C(O)c2ccc(OC(F)F)cc2)CCC1. The van der Waals surface area contributed by atoms with Gasteiger partial charge in [-0.2, -0.15) is 8.78 Å². The lowest BCUT2D eigenvalue weighted by atomic mass is 9.63. The third kappa shape index (κ3) is 2.47. The standard InChI is InChI=1S/C13H17F2NO2/c14-12(15)18-10-4-2-9(3-5-10)11(17)13(8-16)6-1-7-13/h2-5,11-12,17H,1,6-8,16H2. The predicted molar refractivity (Wildman–Crippen MR) is 63.4 cm³/mol. The Morgan fingerprint density at radius 2 is 1.89 bits per heavy atom. The number of ether oxygens (including phenoxy) is 1. The molecule has 3 N–H and O–H groups in total. The third-order valence-electron chi connectivity index (χ3n) is 3.76. The zero-order valence-electron chi connectivity index (χ0n) is 9.98. The second kappa shape index (κ2) is 5.20. The number of nitrogens with two attached hydrogens (primary N) is 1. The summed E-state index contributed by atoms with van der Waals surface area (Å²) in [5.41, 5.74) is 6.17. The highest BCUT2D eigenvalue weighted by atomic mass is 19.3. The van der Waals surface area contributed by atoms with Gasteiger partial charge in [0, 0.05) is 12.0 Å². The summed E-state index contributed by atoms with van der Waals surface area (Å²) in [6, 6.07) is 6.09. The zero-order valence-corrected chi connectivity index (χ0v) is 9.98. The first-order valence-corrected chi connectivity index (χ1v) is 6.00. The van der Waals surface area contributed by atoms with Crippen molar-refractivity contribution in [3.63, 3.8) is 0 Å². The summed E-state index contributed by atoms with van der Waals surface area (Å²) in [5, 5.41) is 10.3. The van der Waals surface area contributed by atoms with Gasteiger partial charge >= 0.3 is 6.61 Å². The largest absolute Gasteiger partial charge is 0.435 e. The Hall–Kier alpha value is -1.20. The predicted octanol–water partition coefficient (Wildman–Crippen LogP) is 2.45. The average Bonchev–Trinajstić information content (AvgIpc) is 2.28. The molecule has 1 atom stereocenters. The Morgan fingerprint density at radius 3 is 2.28 bits per heavy atom. The molecule has 0 aliphatic heterocycles. The van der Waals surface area contributed by atoms with Gasteiger partial charge in [-0.05, 0) is 30.5 Å². The van der Waals surface area contributed by atoms with Gasteiger partial charge in [0.05, 0.1) is 6.10 Å². The summed E-state index contributed by atoms with van der Waals surface area (Å²) in [6.07, 6.45) is 2.23. The van der Waals surface area contributed by atoms with E-state index in [4.69, 9.17) is 5.73 Å². The van der Waals surface area contributed by atoms with Crippen molar-refractivity contribution in [2.45, 2.75) is 32.0 Å². The summed E-state index contributed by atoms with van der Waals surface area (Å²) in [7, 11) is 0. The molecule has 1 aromatic rings. The molecule has 0 heterocycles. The van der Waals surface area contributed by atoms with Crippen LogP contribution in [0.4, 0.5) is 8.78 Å². The van der Waals surface area contributed by atoms with Crippen molar-refractivity contribution >= 4 is 0 Å². The number of aliphatic hydroxyl groups is 1. The van der Waals surface area contributed by atoms with E-state index in [1.807, 2.05) is 0 Å². The maximum Gasteiger partial charge on any atom is 0.387 e. The molecule has 3 nitrogen and oxygen atoms in total. The van der Waals surface area contributed by atoms with Gasteiger partial charge in [0.15, 0.2) is 0 Å². The molecule has 1 unspecified atom stereocenters. The van der Waals surface area contributed by atoms with Crippen molar-refractivity contribution in [3.05, 3.63) is 29.8 Å². The maximum absolute atomic E-state index is 12.0. The lowest BCUT2D eigenvalue weighted by Crippen LogP contribution is -2.42. The maximum atomic E-state index is 12.0. The fraction of sp³-hybridized carbons (Fsp3) is 0.538. The van der Waals surface area contributed by atoms with Gasteiger partial charge < -0.3 is 15.6 Å². The van der Waals surface area contributed by atoms with Crippen LogP contribution >= 0.6 is 0 Å². The van der Waals surface area contributed by atoms with Crippen LogP contribution in [0, 0.1) is 5.41 Å². The van der Waals surface area contributed by atoms with Crippen molar-refractivity contribution in [1.82, 2.24) is 0 Å². The number of halogens is 2. The first-order chi connectivity index (χ1) is 8.57. The lowest BCUT2D eigenvalue weighted by Gasteiger charge is -2.44. The highest BCUT2D eigenvalue weighted by molar-refractivity contribution is 5.30. The van der Waals surface area contributed by atoms with E-state index in [9.17, 15) is 13.9 Å². The van der Waals surface area contributed by atoms with E-state index in [0.29, 0.717) is 12.1 Å². The molecule has 1 aliphatic rings.